The lowest BCUT2D eigenvalue weighted by atomic mass is 10.2. The van der Waals surface area contributed by atoms with Crippen molar-refractivity contribution in [1.82, 2.24) is 9.72 Å². The van der Waals surface area contributed by atoms with Crippen LogP contribution in [0.3, 0.4) is 0 Å². The number of carbonyl (C=O) groups is 2. The second kappa shape index (κ2) is 6.40. The van der Waals surface area contributed by atoms with Crippen LogP contribution in [0.1, 0.15) is 33.5 Å². The monoisotopic (exact) mass is 345 g/mol. The van der Waals surface area contributed by atoms with E-state index in [1.54, 1.807) is 30.5 Å². The Morgan fingerprint density at radius 1 is 1.38 bits per heavy atom. The molecule has 0 aliphatic carbocycles. The molecule has 0 aliphatic rings. The van der Waals surface area contributed by atoms with E-state index >= 15 is 0 Å². The fraction of sp³-hybridized carbons (Fsp3) is 0.250. The largest absolute Gasteiger partial charge is 0.462 e. The van der Waals surface area contributed by atoms with Crippen molar-refractivity contribution < 1.29 is 18.8 Å². The number of benzene rings is 1. The van der Waals surface area contributed by atoms with E-state index in [0.717, 1.165) is 10.2 Å². The summed E-state index contributed by atoms with van der Waals surface area (Å²) in [6.45, 7) is 3.79. The summed E-state index contributed by atoms with van der Waals surface area (Å²) in [5.41, 5.74) is 1.50. The number of nitrogens with zero attached hydrogens (tertiary/aromatic N) is 3. The van der Waals surface area contributed by atoms with E-state index < -0.39 is 5.91 Å². The predicted octanol–water partition coefficient (Wildman–Crippen LogP) is 2.45. The van der Waals surface area contributed by atoms with Gasteiger partial charge in [-0.25, -0.2) is 4.79 Å². The minimum absolute atomic E-state index is 0.164. The van der Waals surface area contributed by atoms with Gasteiger partial charge in [-0.1, -0.05) is 16.5 Å². The summed E-state index contributed by atoms with van der Waals surface area (Å²) < 4.78 is 12.5. The predicted molar refractivity (Wildman–Crippen MR) is 87.9 cm³/mol. The fourth-order valence-electron chi connectivity index (χ4n) is 2.19. The molecule has 2 aromatic heterocycles. The van der Waals surface area contributed by atoms with Crippen LogP contribution in [0, 0.1) is 6.92 Å². The van der Waals surface area contributed by atoms with Gasteiger partial charge in [-0.15, -0.1) is 0 Å². The lowest BCUT2D eigenvalue weighted by molar-refractivity contribution is 0.0526. The number of thiazole rings is 1. The molecule has 8 heteroatoms. The molecule has 24 heavy (non-hydrogen) atoms. The number of rotatable bonds is 3. The minimum Gasteiger partial charge on any atom is -0.462 e. The molecule has 0 fully saturated rings. The maximum Gasteiger partial charge on any atom is 0.338 e. The van der Waals surface area contributed by atoms with Gasteiger partial charge in [0, 0.05) is 13.1 Å². The smallest absolute Gasteiger partial charge is 0.338 e. The lowest BCUT2D eigenvalue weighted by Gasteiger charge is -2.01. The van der Waals surface area contributed by atoms with E-state index in [-0.39, 0.29) is 11.7 Å². The van der Waals surface area contributed by atoms with Crippen molar-refractivity contribution in [2.75, 3.05) is 6.61 Å². The van der Waals surface area contributed by atoms with Crippen molar-refractivity contribution in [3.05, 3.63) is 46.1 Å². The Balaban J connectivity index is 2.03. The molecule has 0 saturated heterocycles. The number of hydrogen-bond donors (Lipinski definition) is 0. The van der Waals surface area contributed by atoms with Gasteiger partial charge in [0.15, 0.2) is 10.5 Å². The highest BCUT2D eigenvalue weighted by Gasteiger charge is 2.13. The van der Waals surface area contributed by atoms with Crippen molar-refractivity contribution in [3.8, 4) is 0 Å². The van der Waals surface area contributed by atoms with Gasteiger partial charge in [-0.05, 0) is 32.0 Å². The van der Waals surface area contributed by atoms with Crippen molar-refractivity contribution >= 4 is 33.4 Å². The molecule has 2 heterocycles. The first-order chi connectivity index (χ1) is 11.5. The van der Waals surface area contributed by atoms with Crippen LogP contribution in [0.2, 0.25) is 0 Å². The quantitative estimate of drug-likeness (QED) is 0.681. The Morgan fingerprint density at radius 2 is 2.17 bits per heavy atom. The van der Waals surface area contributed by atoms with E-state index in [0.29, 0.717) is 22.7 Å². The SMILES string of the molecule is CCOC(=O)c1ccc2c(c1)sc(=NC(=O)c1cc(C)on1)n2C. The third-order valence-electron chi connectivity index (χ3n) is 3.36. The topological polar surface area (TPSA) is 86.7 Å². The number of ether oxygens (including phenoxy) is 1. The highest BCUT2D eigenvalue weighted by atomic mass is 32.1. The Morgan fingerprint density at radius 3 is 2.83 bits per heavy atom. The van der Waals surface area contributed by atoms with Crippen LogP contribution in [-0.4, -0.2) is 28.2 Å². The number of carbonyl (C=O) groups excluding carboxylic acids is 2. The van der Waals surface area contributed by atoms with Crippen molar-refractivity contribution in [2.24, 2.45) is 12.0 Å². The first-order valence-corrected chi connectivity index (χ1v) is 8.10. The highest BCUT2D eigenvalue weighted by molar-refractivity contribution is 7.16. The van der Waals surface area contributed by atoms with E-state index in [2.05, 4.69) is 10.1 Å². The second-order valence-corrected chi connectivity index (χ2v) is 6.10. The number of aryl methyl sites for hydroxylation is 2. The summed E-state index contributed by atoms with van der Waals surface area (Å²) >= 11 is 1.31. The Labute approximate surface area is 141 Å². The number of esters is 1. The van der Waals surface area contributed by atoms with E-state index in [1.165, 1.54) is 17.4 Å². The first-order valence-electron chi connectivity index (χ1n) is 7.28. The minimum atomic E-state index is -0.473. The third kappa shape index (κ3) is 3.00. The van der Waals surface area contributed by atoms with E-state index in [1.807, 2.05) is 13.1 Å². The van der Waals surface area contributed by atoms with Crippen molar-refractivity contribution in [3.63, 3.8) is 0 Å². The van der Waals surface area contributed by atoms with Crippen LogP contribution < -0.4 is 4.80 Å². The van der Waals surface area contributed by atoms with Gasteiger partial charge in [0.05, 0.1) is 22.4 Å². The molecule has 0 atom stereocenters. The average molecular weight is 345 g/mol. The molecule has 0 saturated carbocycles. The Hall–Kier alpha value is -2.74. The standard InChI is InChI=1S/C16H15N3O4S/c1-4-22-15(21)10-5-6-12-13(8-10)24-16(19(12)3)17-14(20)11-7-9(2)23-18-11/h5-8H,4H2,1-3H3. The van der Waals surface area contributed by atoms with Crippen molar-refractivity contribution in [1.29, 1.82) is 0 Å². The number of hydrogen-bond acceptors (Lipinski definition) is 6. The Bertz CT molecular complexity index is 996. The zero-order valence-electron chi connectivity index (χ0n) is 13.4. The van der Waals surface area contributed by atoms with Gasteiger partial charge < -0.3 is 13.8 Å². The van der Waals surface area contributed by atoms with Gasteiger partial charge >= 0.3 is 11.9 Å². The average Bonchev–Trinajstić information content (AvgIpc) is 3.12. The molecular weight excluding hydrogens is 330 g/mol. The van der Waals surface area contributed by atoms with Crippen LogP contribution in [0.15, 0.2) is 33.8 Å². The van der Waals surface area contributed by atoms with E-state index in [9.17, 15) is 9.59 Å². The molecule has 0 spiro atoms. The molecule has 0 bridgehead atoms. The summed E-state index contributed by atoms with van der Waals surface area (Å²) in [6.07, 6.45) is 0. The summed E-state index contributed by atoms with van der Waals surface area (Å²) in [4.78, 5) is 28.6. The lowest BCUT2D eigenvalue weighted by Crippen LogP contribution is -2.13. The summed E-state index contributed by atoms with van der Waals surface area (Å²) in [5, 5.41) is 3.67. The van der Waals surface area contributed by atoms with Gasteiger partial charge in [0.25, 0.3) is 0 Å². The molecule has 0 aliphatic heterocycles. The third-order valence-corrected chi connectivity index (χ3v) is 4.46. The highest BCUT2D eigenvalue weighted by Crippen LogP contribution is 2.19. The summed E-state index contributed by atoms with van der Waals surface area (Å²) in [7, 11) is 1.81. The second-order valence-electron chi connectivity index (χ2n) is 5.09. The van der Waals surface area contributed by atoms with Crippen LogP contribution in [-0.2, 0) is 11.8 Å². The molecule has 3 rings (SSSR count). The molecule has 1 amide bonds. The van der Waals surface area contributed by atoms with Crippen LogP contribution in [0.4, 0.5) is 0 Å². The molecule has 3 aromatic rings. The maximum absolute atomic E-state index is 12.1. The zero-order valence-corrected chi connectivity index (χ0v) is 14.2. The van der Waals surface area contributed by atoms with Gasteiger partial charge in [-0.3, -0.25) is 4.79 Å². The van der Waals surface area contributed by atoms with E-state index in [4.69, 9.17) is 9.26 Å². The number of amides is 1. The Kier molecular flexibility index (Phi) is 4.30. The summed E-state index contributed by atoms with van der Waals surface area (Å²) in [6, 6.07) is 6.78. The normalized spacial score (nSPS) is 11.9. The van der Waals surface area contributed by atoms with Gasteiger partial charge in [0.2, 0.25) is 0 Å². The molecule has 0 radical (unpaired) electrons. The molecule has 1 aromatic carbocycles. The molecule has 0 N–H and O–H groups in total. The molecule has 124 valence electrons. The van der Waals surface area contributed by atoms with Crippen LogP contribution in [0.5, 0.6) is 0 Å². The van der Waals surface area contributed by atoms with Crippen LogP contribution in [0.25, 0.3) is 10.2 Å². The van der Waals surface area contributed by atoms with Gasteiger partial charge in [0.1, 0.15) is 5.76 Å². The first kappa shape index (κ1) is 16.1. The van der Waals surface area contributed by atoms with Crippen molar-refractivity contribution in [2.45, 2.75) is 13.8 Å². The maximum atomic E-state index is 12.1. The van der Waals surface area contributed by atoms with Gasteiger partial charge in [-0.2, -0.15) is 4.99 Å². The number of fused-ring (bicyclic) bond motifs is 1. The van der Waals surface area contributed by atoms with Crippen LogP contribution >= 0.6 is 11.3 Å². The number of aromatic nitrogens is 2. The summed E-state index contributed by atoms with van der Waals surface area (Å²) in [5.74, 6) is -0.295. The molecule has 0 unspecified atom stereocenters. The molecular formula is C16H15N3O4S. The fourth-order valence-corrected chi connectivity index (χ4v) is 3.25. The molecule has 7 nitrogen and oxygen atoms in total. The zero-order chi connectivity index (χ0) is 17.3.